The highest BCUT2D eigenvalue weighted by Gasteiger charge is 2.57. The molecule has 0 amide bonds. The van der Waals surface area contributed by atoms with E-state index < -0.39 is 22.7 Å². The third kappa shape index (κ3) is 1.59. The fourth-order valence-electron chi connectivity index (χ4n) is 4.37. The third-order valence-electron chi connectivity index (χ3n) is 5.81. The van der Waals surface area contributed by atoms with E-state index in [1.54, 1.807) is 0 Å². The van der Waals surface area contributed by atoms with Crippen molar-refractivity contribution >= 4 is 0 Å². The Morgan fingerprint density at radius 1 is 0.944 bits per heavy atom. The van der Waals surface area contributed by atoms with Gasteiger partial charge in [0, 0.05) is 5.41 Å². The van der Waals surface area contributed by atoms with Crippen molar-refractivity contribution in [1.82, 2.24) is 0 Å². The zero-order valence-corrected chi connectivity index (χ0v) is 11.0. The molecule has 0 aromatic heterocycles. The largest absolute Gasteiger partial charge is 0.383 e. The molecule has 1 nitrogen and oxygen atoms in total. The first kappa shape index (κ1) is 12.6. The van der Waals surface area contributed by atoms with E-state index in [1.165, 1.54) is 0 Å². The van der Waals surface area contributed by atoms with E-state index >= 15 is 0 Å². The normalized spacial score (nSPS) is 48.7. The molecule has 4 aliphatic rings. The smallest absolute Gasteiger partial charge is 0.163 e. The van der Waals surface area contributed by atoms with E-state index in [0.717, 1.165) is 31.6 Å². The number of rotatable bonds is 1. The Hall–Kier alpha value is -0.440. The lowest BCUT2D eigenvalue weighted by atomic mass is 9.54. The molecule has 0 heterocycles. The Kier molecular flexibility index (Phi) is 2.81. The van der Waals surface area contributed by atoms with Crippen molar-refractivity contribution < 1.29 is 13.9 Å². The topological polar surface area (TPSA) is 20.2 Å². The van der Waals surface area contributed by atoms with Gasteiger partial charge in [0.2, 0.25) is 0 Å². The highest BCUT2D eigenvalue weighted by atomic mass is 19.2. The van der Waals surface area contributed by atoms with E-state index in [4.69, 9.17) is 0 Å². The van der Waals surface area contributed by atoms with Crippen LogP contribution in [0.15, 0.2) is 11.7 Å². The van der Waals surface area contributed by atoms with Gasteiger partial charge < -0.3 is 5.11 Å². The Morgan fingerprint density at radius 3 is 2.06 bits per heavy atom. The monoisotopic (exact) mass is 256 g/mol. The highest BCUT2D eigenvalue weighted by molar-refractivity contribution is 5.29. The van der Waals surface area contributed by atoms with Crippen molar-refractivity contribution in [3.63, 3.8) is 0 Å². The van der Waals surface area contributed by atoms with Crippen molar-refractivity contribution in [3.8, 4) is 0 Å². The van der Waals surface area contributed by atoms with Gasteiger partial charge in [-0.25, -0.2) is 8.78 Å². The Balaban J connectivity index is 1.91. The zero-order chi connectivity index (χ0) is 13.0. The lowest BCUT2D eigenvalue weighted by Gasteiger charge is -2.53. The van der Waals surface area contributed by atoms with Gasteiger partial charge >= 0.3 is 0 Å². The Morgan fingerprint density at radius 2 is 1.50 bits per heavy atom. The quantitative estimate of drug-likeness (QED) is 0.743. The summed E-state index contributed by atoms with van der Waals surface area (Å²) in [7, 11) is 0. The first-order chi connectivity index (χ1) is 8.48. The molecule has 0 unspecified atom stereocenters. The maximum Gasteiger partial charge on any atom is 0.163 e. The van der Waals surface area contributed by atoms with Gasteiger partial charge in [0.15, 0.2) is 5.83 Å². The fourth-order valence-corrected chi connectivity index (χ4v) is 4.37. The fraction of sp³-hybridized carbons (Fsp3) is 0.867. The molecule has 18 heavy (non-hydrogen) atoms. The summed E-state index contributed by atoms with van der Waals surface area (Å²) in [4.78, 5) is 0. The summed E-state index contributed by atoms with van der Waals surface area (Å²) in [5, 5.41) is 10.0. The molecule has 1 N–H and O–H groups in total. The van der Waals surface area contributed by atoms with Crippen LogP contribution in [0.3, 0.4) is 0 Å². The predicted molar refractivity (Wildman–Crippen MR) is 66.2 cm³/mol. The van der Waals surface area contributed by atoms with Crippen LogP contribution < -0.4 is 0 Å². The Labute approximate surface area is 107 Å². The summed E-state index contributed by atoms with van der Waals surface area (Å²) >= 11 is 0. The first-order valence-corrected chi connectivity index (χ1v) is 7.26. The molecule has 0 aliphatic heterocycles. The van der Waals surface area contributed by atoms with Gasteiger partial charge in [0.05, 0.1) is 0 Å². The minimum atomic E-state index is -1.48. The lowest BCUT2D eigenvalue weighted by Crippen LogP contribution is -2.50. The number of allylic oxidation sites excluding steroid dienone is 1. The summed E-state index contributed by atoms with van der Waals surface area (Å²) in [6.07, 6.45) is 6.35. The molecule has 3 heteroatoms. The third-order valence-corrected chi connectivity index (χ3v) is 5.81. The average molecular weight is 256 g/mol. The van der Waals surface area contributed by atoms with E-state index in [-0.39, 0.29) is 5.92 Å². The van der Waals surface area contributed by atoms with Crippen molar-refractivity contribution in [2.75, 3.05) is 0 Å². The second-order valence-corrected chi connectivity index (χ2v) is 6.77. The minimum absolute atomic E-state index is 0.282. The molecule has 2 fully saturated rings. The average Bonchev–Trinajstić information content (AvgIpc) is 2.38. The van der Waals surface area contributed by atoms with E-state index in [9.17, 15) is 13.9 Å². The standard InChI is InChI=1S/C15H22F2O/c1-10-2-4-11(5-3-10)14-6-8-15(18,9-7-14)13(17)12(14)16/h10-11,18H,2-9H2,1H3. The summed E-state index contributed by atoms with van der Waals surface area (Å²) in [6, 6.07) is 0. The van der Waals surface area contributed by atoms with Crippen LogP contribution in [-0.2, 0) is 0 Å². The highest BCUT2D eigenvalue weighted by Crippen LogP contribution is 2.62. The number of aliphatic hydroxyl groups is 1. The van der Waals surface area contributed by atoms with Gasteiger partial charge in [-0.3, -0.25) is 0 Å². The lowest BCUT2D eigenvalue weighted by molar-refractivity contribution is -0.0733. The zero-order valence-electron chi connectivity index (χ0n) is 11.0. The van der Waals surface area contributed by atoms with Crippen LogP contribution in [0.2, 0.25) is 0 Å². The van der Waals surface area contributed by atoms with Crippen LogP contribution in [0.5, 0.6) is 0 Å². The predicted octanol–water partition coefficient (Wildman–Crippen LogP) is 4.27. The summed E-state index contributed by atoms with van der Waals surface area (Å²) < 4.78 is 28.4. The second-order valence-electron chi connectivity index (χ2n) is 6.77. The molecule has 102 valence electrons. The summed E-state index contributed by atoms with van der Waals surface area (Å²) in [5.74, 6) is -0.455. The number of hydrogen-bond acceptors (Lipinski definition) is 1. The van der Waals surface area contributed by atoms with Crippen LogP contribution in [0, 0.1) is 17.3 Å². The van der Waals surface area contributed by atoms with Gasteiger partial charge in [-0.15, -0.1) is 0 Å². The molecule has 0 spiro atoms. The van der Waals surface area contributed by atoms with E-state index in [1.807, 2.05) is 0 Å². The first-order valence-electron chi connectivity index (χ1n) is 7.26. The molecule has 2 saturated carbocycles. The molecule has 4 rings (SSSR count). The molecule has 0 atom stereocenters. The van der Waals surface area contributed by atoms with Crippen LogP contribution in [0.1, 0.15) is 58.3 Å². The minimum Gasteiger partial charge on any atom is -0.383 e. The molecule has 0 aromatic rings. The van der Waals surface area contributed by atoms with Crippen LogP contribution in [-0.4, -0.2) is 10.7 Å². The van der Waals surface area contributed by atoms with Crippen LogP contribution in [0.25, 0.3) is 0 Å². The van der Waals surface area contributed by atoms with Gasteiger partial charge in [0.25, 0.3) is 0 Å². The van der Waals surface area contributed by atoms with Gasteiger partial charge in [-0.2, -0.15) is 0 Å². The van der Waals surface area contributed by atoms with Crippen molar-refractivity contribution in [3.05, 3.63) is 11.7 Å². The Bertz CT molecular complexity index is 372. The van der Waals surface area contributed by atoms with Crippen LogP contribution in [0.4, 0.5) is 8.78 Å². The SMILES string of the molecule is CC1CCC(C23CCC(O)(CC2)C(F)=C3F)CC1. The van der Waals surface area contributed by atoms with Crippen LogP contribution >= 0.6 is 0 Å². The summed E-state index contributed by atoms with van der Waals surface area (Å²) in [5.41, 5.74) is -2.05. The molecule has 4 aliphatic carbocycles. The van der Waals surface area contributed by atoms with Crippen molar-refractivity contribution in [1.29, 1.82) is 0 Å². The van der Waals surface area contributed by atoms with Crippen molar-refractivity contribution in [2.45, 2.75) is 63.9 Å². The maximum absolute atomic E-state index is 14.4. The number of fused-ring (bicyclic) bond motifs is 2. The molecule has 0 saturated heterocycles. The molecular formula is C15H22F2O. The van der Waals surface area contributed by atoms with Gasteiger partial charge in [-0.1, -0.05) is 19.8 Å². The second kappa shape index (κ2) is 4.03. The molecule has 0 radical (unpaired) electrons. The molecule has 2 bridgehead atoms. The van der Waals surface area contributed by atoms with Gasteiger partial charge in [-0.05, 0) is 50.4 Å². The number of halogens is 2. The van der Waals surface area contributed by atoms with E-state index in [2.05, 4.69) is 6.92 Å². The van der Waals surface area contributed by atoms with E-state index in [0.29, 0.717) is 25.7 Å². The summed E-state index contributed by atoms with van der Waals surface area (Å²) in [6.45, 7) is 2.24. The molecule has 0 aromatic carbocycles. The maximum atomic E-state index is 14.4. The van der Waals surface area contributed by atoms with Crippen molar-refractivity contribution in [2.24, 2.45) is 17.3 Å². The number of hydrogen-bond donors (Lipinski definition) is 1. The van der Waals surface area contributed by atoms with Gasteiger partial charge in [0.1, 0.15) is 11.4 Å². The molecular weight excluding hydrogens is 234 g/mol.